The Kier molecular flexibility index (Phi) is 5.14. The van der Waals surface area contributed by atoms with E-state index in [9.17, 15) is 14.0 Å². The van der Waals surface area contributed by atoms with Crippen molar-refractivity contribution >= 4 is 12.0 Å². The summed E-state index contributed by atoms with van der Waals surface area (Å²) in [6.45, 7) is 0.258. The molecular formula is C15H19FN2O3. The molecule has 0 atom stereocenters. The minimum absolute atomic E-state index is 0.00751. The van der Waals surface area contributed by atoms with Gasteiger partial charge in [-0.15, -0.1) is 0 Å². The molecule has 0 radical (unpaired) electrons. The van der Waals surface area contributed by atoms with Gasteiger partial charge >= 0.3 is 12.0 Å². The molecule has 1 saturated carbocycles. The van der Waals surface area contributed by atoms with Crippen LogP contribution in [-0.2, 0) is 11.3 Å². The first-order chi connectivity index (χ1) is 10.0. The monoisotopic (exact) mass is 294 g/mol. The maximum absolute atomic E-state index is 13.0. The van der Waals surface area contributed by atoms with Crippen LogP contribution in [0.1, 0.15) is 31.2 Å². The SMILES string of the molecule is O=C(NCc1cccc(F)c1)NC1CCC(C(=O)O)CC1. The number of carbonyl (C=O) groups is 2. The molecule has 1 aliphatic rings. The fourth-order valence-electron chi connectivity index (χ4n) is 2.55. The summed E-state index contributed by atoms with van der Waals surface area (Å²) in [6, 6.07) is 5.76. The van der Waals surface area contributed by atoms with Gasteiger partial charge in [0.2, 0.25) is 0 Å². The second-order valence-corrected chi connectivity index (χ2v) is 5.34. The van der Waals surface area contributed by atoms with Gasteiger partial charge in [-0.1, -0.05) is 12.1 Å². The van der Waals surface area contributed by atoms with Crippen molar-refractivity contribution in [1.29, 1.82) is 0 Å². The number of rotatable bonds is 4. The first-order valence-corrected chi connectivity index (χ1v) is 7.06. The van der Waals surface area contributed by atoms with Crippen molar-refractivity contribution in [2.24, 2.45) is 5.92 Å². The van der Waals surface area contributed by atoms with Gasteiger partial charge in [0.05, 0.1) is 5.92 Å². The van der Waals surface area contributed by atoms with Crippen molar-refractivity contribution in [3.05, 3.63) is 35.6 Å². The van der Waals surface area contributed by atoms with Gasteiger partial charge in [-0.05, 0) is 43.4 Å². The molecule has 21 heavy (non-hydrogen) atoms. The molecule has 3 N–H and O–H groups in total. The van der Waals surface area contributed by atoms with Gasteiger partial charge in [-0.25, -0.2) is 9.18 Å². The smallest absolute Gasteiger partial charge is 0.315 e. The maximum atomic E-state index is 13.0. The third-order valence-corrected chi connectivity index (χ3v) is 3.75. The second kappa shape index (κ2) is 7.06. The Hall–Kier alpha value is -2.11. The Morgan fingerprint density at radius 2 is 1.95 bits per heavy atom. The Morgan fingerprint density at radius 1 is 1.24 bits per heavy atom. The zero-order valence-electron chi connectivity index (χ0n) is 11.6. The van der Waals surface area contributed by atoms with Crippen molar-refractivity contribution in [1.82, 2.24) is 10.6 Å². The molecule has 0 aromatic heterocycles. The van der Waals surface area contributed by atoms with Crippen LogP contribution in [0.5, 0.6) is 0 Å². The fraction of sp³-hybridized carbons (Fsp3) is 0.467. The lowest BCUT2D eigenvalue weighted by Crippen LogP contribution is -2.43. The maximum Gasteiger partial charge on any atom is 0.315 e. The first-order valence-electron chi connectivity index (χ1n) is 7.06. The zero-order valence-corrected chi connectivity index (χ0v) is 11.6. The molecular weight excluding hydrogens is 275 g/mol. The standard InChI is InChI=1S/C15H19FN2O3/c16-12-3-1-2-10(8-12)9-17-15(21)18-13-6-4-11(5-7-13)14(19)20/h1-3,8,11,13H,4-7,9H2,(H,19,20)(H2,17,18,21). The van der Waals surface area contributed by atoms with E-state index in [1.165, 1.54) is 12.1 Å². The summed E-state index contributed by atoms with van der Waals surface area (Å²) in [5, 5.41) is 14.4. The van der Waals surface area contributed by atoms with Crippen molar-refractivity contribution in [2.45, 2.75) is 38.3 Å². The average molecular weight is 294 g/mol. The van der Waals surface area contributed by atoms with Gasteiger partial charge in [-0.3, -0.25) is 4.79 Å². The Bertz CT molecular complexity index is 513. The molecule has 2 rings (SSSR count). The summed E-state index contributed by atoms with van der Waals surface area (Å²) in [7, 11) is 0. The number of hydrogen-bond donors (Lipinski definition) is 3. The van der Waals surface area contributed by atoms with E-state index in [2.05, 4.69) is 10.6 Å². The summed E-state index contributed by atoms with van der Waals surface area (Å²) >= 11 is 0. The molecule has 1 fully saturated rings. The van der Waals surface area contributed by atoms with Crippen LogP contribution in [0, 0.1) is 11.7 Å². The Labute approximate surface area is 122 Å². The molecule has 0 saturated heterocycles. The lowest BCUT2D eigenvalue weighted by Gasteiger charge is -2.26. The number of urea groups is 1. The lowest BCUT2D eigenvalue weighted by molar-refractivity contribution is -0.142. The molecule has 114 valence electrons. The van der Waals surface area contributed by atoms with Gasteiger partial charge in [0.25, 0.3) is 0 Å². The van der Waals surface area contributed by atoms with E-state index < -0.39 is 5.97 Å². The largest absolute Gasteiger partial charge is 0.481 e. The van der Waals surface area contributed by atoms with Crippen LogP contribution >= 0.6 is 0 Å². The summed E-state index contributed by atoms with van der Waals surface area (Å²) in [4.78, 5) is 22.6. The first kappa shape index (κ1) is 15.3. The number of nitrogens with one attached hydrogen (secondary N) is 2. The zero-order chi connectivity index (χ0) is 15.2. The highest BCUT2D eigenvalue weighted by Gasteiger charge is 2.26. The van der Waals surface area contributed by atoms with Crippen LogP contribution in [0.25, 0.3) is 0 Å². The highest BCUT2D eigenvalue weighted by atomic mass is 19.1. The van der Waals surface area contributed by atoms with Crippen LogP contribution in [0.2, 0.25) is 0 Å². The molecule has 0 bridgehead atoms. The number of carbonyl (C=O) groups excluding carboxylic acids is 1. The Balaban J connectivity index is 1.72. The fourth-order valence-corrected chi connectivity index (χ4v) is 2.55. The second-order valence-electron chi connectivity index (χ2n) is 5.34. The molecule has 6 heteroatoms. The van der Waals surface area contributed by atoms with Gasteiger partial charge < -0.3 is 15.7 Å². The van der Waals surface area contributed by atoms with Crippen LogP contribution < -0.4 is 10.6 Å². The number of amides is 2. The summed E-state index contributed by atoms with van der Waals surface area (Å²) in [5.74, 6) is -1.39. The van der Waals surface area contributed by atoms with Crippen LogP contribution in [0.3, 0.4) is 0 Å². The highest BCUT2D eigenvalue weighted by molar-refractivity contribution is 5.74. The molecule has 1 aromatic carbocycles. The summed E-state index contributed by atoms with van der Waals surface area (Å²) in [5.41, 5.74) is 0.694. The summed E-state index contributed by atoms with van der Waals surface area (Å²) in [6.07, 6.45) is 2.52. The van der Waals surface area contributed by atoms with Gasteiger partial charge in [0.1, 0.15) is 5.82 Å². The van der Waals surface area contributed by atoms with Crippen LogP contribution in [0.15, 0.2) is 24.3 Å². The Morgan fingerprint density at radius 3 is 2.57 bits per heavy atom. The van der Waals surface area contributed by atoms with E-state index in [0.717, 1.165) is 0 Å². The molecule has 2 amide bonds. The van der Waals surface area contributed by atoms with Crippen molar-refractivity contribution in [3.8, 4) is 0 Å². The number of halogens is 1. The molecule has 1 aromatic rings. The molecule has 5 nitrogen and oxygen atoms in total. The predicted molar refractivity (Wildman–Crippen MR) is 75.2 cm³/mol. The predicted octanol–water partition coefficient (Wildman–Crippen LogP) is 2.27. The van der Waals surface area contributed by atoms with Crippen LogP contribution in [0.4, 0.5) is 9.18 Å². The van der Waals surface area contributed by atoms with E-state index >= 15 is 0 Å². The number of carboxylic acid groups (broad SMARTS) is 1. The number of hydrogen-bond acceptors (Lipinski definition) is 2. The normalized spacial score (nSPS) is 21.6. The van der Waals surface area contributed by atoms with E-state index in [4.69, 9.17) is 5.11 Å². The lowest BCUT2D eigenvalue weighted by atomic mass is 9.86. The summed E-state index contributed by atoms with van der Waals surface area (Å²) < 4.78 is 13.0. The van der Waals surface area contributed by atoms with Crippen LogP contribution in [-0.4, -0.2) is 23.1 Å². The van der Waals surface area contributed by atoms with E-state index in [0.29, 0.717) is 31.2 Å². The quantitative estimate of drug-likeness (QED) is 0.797. The molecule has 0 heterocycles. The molecule has 0 unspecified atom stereocenters. The minimum Gasteiger partial charge on any atom is -0.481 e. The molecule has 0 aliphatic heterocycles. The van der Waals surface area contributed by atoms with Gasteiger partial charge in [0, 0.05) is 12.6 Å². The topological polar surface area (TPSA) is 78.4 Å². The van der Waals surface area contributed by atoms with Crippen molar-refractivity contribution in [2.75, 3.05) is 0 Å². The van der Waals surface area contributed by atoms with Crippen molar-refractivity contribution in [3.63, 3.8) is 0 Å². The van der Waals surface area contributed by atoms with Gasteiger partial charge in [0.15, 0.2) is 0 Å². The molecule has 1 aliphatic carbocycles. The molecule has 0 spiro atoms. The van der Waals surface area contributed by atoms with E-state index in [-0.39, 0.29) is 30.4 Å². The van der Waals surface area contributed by atoms with E-state index in [1.807, 2.05) is 0 Å². The van der Waals surface area contributed by atoms with Gasteiger partial charge in [-0.2, -0.15) is 0 Å². The third kappa shape index (κ3) is 4.73. The third-order valence-electron chi connectivity index (χ3n) is 3.75. The minimum atomic E-state index is -0.760. The number of carboxylic acids is 1. The van der Waals surface area contributed by atoms with Crippen molar-refractivity contribution < 1.29 is 19.1 Å². The van der Waals surface area contributed by atoms with E-state index in [1.54, 1.807) is 12.1 Å². The number of benzene rings is 1. The highest BCUT2D eigenvalue weighted by Crippen LogP contribution is 2.24. The average Bonchev–Trinajstić information content (AvgIpc) is 2.46. The number of aliphatic carboxylic acids is 1.